The van der Waals surface area contributed by atoms with Crippen molar-refractivity contribution in [2.24, 2.45) is 0 Å². The topological polar surface area (TPSA) is 62.5 Å². The van der Waals surface area contributed by atoms with Gasteiger partial charge in [0.25, 0.3) is 5.56 Å². The van der Waals surface area contributed by atoms with E-state index in [-0.39, 0.29) is 19.4 Å². The molecule has 0 fully saturated rings. The summed E-state index contributed by atoms with van der Waals surface area (Å²) in [5.74, 6) is -0.968. The molecule has 1 rings (SSSR count). The summed E-state index contributed by atoms with van der Waals surface area (Å²) >= 11 is 0. The second-order valence-corrected chi connectivity index (χ2v) is 4.14. The average molecular weight is 274 g/mol. The van der Waals surface area contributed by atoms with Crippen LogP contribution in [-0.4, -0.2) is 29.0 Å². The summed E-state index contributed by atoms with van der Waals surface area (Å²) in [6, 6.07) is 0. The van der Waals surface area contributed by atoms with Crippen molar-refractivity contribution in [1.29, 1.82) is 0 Å². The zero-order valence-corrected chi connectivity index (χ0v) is 11.4. The summed E-state index contributed by atoms with van der Waals surface area (Å²) in [5.41, 5.74) is -1.54. The highest BCUT2D eigenvalue weighted by Crippen LogP contribution is 1.98. The smallest absolute Gasteiger partial charge is 0.333 e. The van der Waals surface area contributed by atoms with Gasteiger partial charge in [0.1, 0.15) is 6.73 Å². The van der Waals surface area contributed by atoms with Crippen LogP contribution in [0.1, 0.15) is 20.3 Å². The van der Waals surface area contributed by atoms with Crippen LogP contribution in [0.3, 0.4) is 0 Å². The first kappa shape index (κ1) is 15.6. The van der Waals surface area contributed by atoms with Crippen LogP contribution in [0, 0.1) is 5.82 Å². The van der Waals surface area contributed by atoms with Gasteiger partial charge in [0.05, 0.1) is 12.3 Å². The maximum absolute atomic E-state index is 13.5. The Labute approximate surface area is 110 Å². The number of hydrogen-bond acceptors (Lipinski definition) is 4. The lowest BCUT2D eigenvalue weighted by atomic mass is 10.3. The number of halogens is 1. The molecule has 19 heavy (non-hydrogen) atoms. The van der Waals surface area contributed by atoms with Crippen LogP contribution < -0.4 is 11.2 Å². The summed E-state index contributed by atoms with van der Waals surface area (Å²) < 4.78 is 25.4. The van der Waals surface area contributed by atoms with Crippen molar-refractivity contribution < 1.29 is 13.9 Å². The largest absolute Gasteiger partial charge is 0.382 e. The highest BCUT2D eigenvalue weighted by Gasteiger charge is 2.11. The monoisotopic (exact) mass is 274 g/mol. The van der Waals surface area contributed by atoms with E-state index in [9.17, 15) is 14.0 Å². The highest BCUT2D eigenvalue weighted by atomic mass is 19.1. The lowest BCUT2D eigenvalue weighted by molar-refractivity contribution is 0.0787. The Balaban J connectivity index is 3.03. The van der Waals surface area contributed by atoms with Crippen molar-refractivity contribution in [3.8, 4) is 0 Å². The lowest BCUT2D eigenvalue weighted by Crippen LogP contribution is -2.42. The molecule has 0 aromatic carbocycles. The van der Waals surface area contributed by atoms with Crippen molar-refractivity contribution in [2.45, 2.75) is 39.6 Å². The second kappa shape index (κ2) is 7.20. The van der Waals surface area contributed by atoms with E-state index in [0.717, 1.165) is 15.3 Å². The fourth-order valence-corrected chi connectivity index (χ4v) is 1.51. The predicted molar refractivity (Wildman–Crippen MR) is 67.6 cm³/mol. The second-order valence-electron chi connectivity index (χ2n) is 4.14. The van der Waals surface area contributed by atoms with Gasteiger partial charge in [-0.25, -0.2) is 9.36 Å². The molecule has 1 unspecified atom stereocenters. The number of aromatic nitrogens is 2. The van der Waals surface area contributed by atoms with E-state index in [1.807, 2.05) is 6.92 Å². The number of methoxy groups -OCH3 is 1. The van der Waals surface area contributed by atoms with Crippen LogP contribution in [-0.2, 0) is 22.7 Å². The van der Waals surface area contributed by atoms with E-state index in [2.05, 4.69) is 0 Å². The number of ether oxygens (including phenoxy) is 2. The van der Waals surface area contributed by atoms with Gasteiger partial charge in [0.2, 0.25) is 5.82 Å². The third kappa shape index (κ3) is 4.00. The van der Waals surface area contributed by atoms with Gasteiger partial charge < -0.3 is 9.47 Å². The molecule has 1 aromatic rings. The highest BCUT2D eigenvalue weighted by molar-refractivity contribution is 4.90. The molecule has 1 atom stereocenters. The summed E-state index contributed by atoms with van der Waals surface area (Å²) in [6.45, 7) is 3.94. The van der Waals surface area contributed by atoms with Gasteiger partial charge in [-0.2, -0.15) is 4.39 Å². The van der Waals surface area contributed by atoms with Crippen molar-refractivity contribution in [3.63, 3.8) is 0 Å². The van der Waals surface area contributed by atoms with Crippen LogP contribution >= 0.6 is 0 Å². The van der Waals surface area contributed by atoms with Gasteiger partial charge in [0.15, 0.2) is 0 Å². The van der Waals surface area contributed by atoms with E-state index in [1.54, 1.807) is 14.0 Å². The first-order chi connectivity index (χ1) is 9.01. The van der Waals surface area contributed by atoms with Gasteiger partial charge >= 0.3 is 5.69 Å². The molecule has 108 valence electrons. The van der Waals surface area contributed by atoms with E-state index in [4.69, 9.17) is 9.47 Å². The standard InChI is InChI=1S/C12H19FN2O4/c1-4-19-8-15-11(16)10(13)7-14(12(15)17)6-5-9(2)18-3/h7,9H,4-6,8H2,1-3H3. The molecular formula is C12H19FN2O4. The van der Waals surface area contributed by atoms with Crippen molar-refractivity contribution in [3.05, 3.63) is 32.9 Å². The maximum atomic E-state index is 13.5. The Kier molecular flexibility index (Phi) is 5.91. The third-order valence-corrected chi connectivity index (χ3v) is 2.80. The Bertz CT molecular complexity index is 523. The van der Waals surface area contributed by atoms with Crippen molar-refractivity contribution >= 4 is 0 Å². The summed E-state index contributed by atoms with van der Waals surface area (Å²) in [4.78, 5) is 23.5. The Morgan fingerprint density at radius 1 is 1.42 bits per heavy atom. The normalized spacial score (nSPS) is 12.6. The van der Waals surface area contributed by atoms with Crippen LogP contribution in [0.4, 0.5) is 4.39 Å². The molecule has 0 spiro atoms. The number of hydrogen-bond donors (Lipinski definition) is 0. The maximum Gasteiger partial charge on any atom is 0.333 e. The third-order valence-electron chi connectivity index (χ3n) is 2.80. The molecule has 0 aliphatic heterocycles. The van der Waals surface area contributed by atoms with Crippen LogP contribution in [0.2, 0.25) is 0 Å². The molecular weight excluding hydrogens is 255 g/mol. The molecule has 0 saturated carbocycles. The fourth-order valence-electron chi connectivity index (χ4n) is 1.51. The van der Waals surface area contributed by atoms with E-state index in [1.165, 1.54) is 0 Å². The molecule has 1 aromatic heterocycles. The van der Waals surface area contributed by atoms with Crippen LogP contribution in [0.5, 0.6) is 0 Å². The van der Waals surface area contributed by atoms with E-state index in [0.29, 0.717) is 13.0 Å². The van der Waals surface area contributed by atoms with E-state index < -0.39 is 17.1 Å². The molecule has 0 amide bonds. The first-order valence-electron chi connectivity index (χ1n) is 6.11. The minimum atomic E-state index is -0.968. The molecule has 0 saturated heterocycles. The van der Waals surface area contributed by atoms with Gasteiger partial charge in [-0.05, 0) is 20.3 Å². The predicted octanol–water partition coefficient (Wildman–Crippen LogP) is 0.568. The summed E-state index contributed by atoms with van der Waals surface area (Å²) in [7, 11) is 1.56. The van der Waals surface area contributed by atoms with Gasteiger partial charge in [0, 0.05) is 20.3 Å². The molecule has 6 nitrogen and oxygen atoms in total. The molecule has 1 heterocycles. The summed E-state index contributed by atoms with van der Waals surface area (Å²) in [5, 5.41) is 0. The van der Waals surface area contributed by atoms with Crippen molar-refractivity contribution in [1.82, 2.24) is 9.13 Å². The van der Waals surface area contributed by atoms with E-state index >= 15 is 0 Å². The SMILES string of the molecule is CCOCn1c(=O)c(F)cn(CCC(C)OC)c1=O. The molecule has 0 aliphatic carbocycles. The zero-order chi connectivity index (χ0) is 14.4. The van der Waals surface area contributed by atoms with Gasteiger partial charge in [-0.15, -0.1) is 0 Å². The summed E-state index contributed by atoms with van der Waals surface area (Å²) in [6.07, 6.45) is 1.42. The Morgan fingerprint density at radius 3 is 2.68 bits per heavy atom. The molecule has 0 aliphatic rings. The first-order valence-corrected chi connectivity index (χ1v) is 6.11. The fraction of sp³-hybridized carbons (Fsp3) is 0.667. The van der Waals surface area contributed by atoms with Gasteiger partial charge in [-0.1, -0.05) is 0 Å². The van der Waals surface area contributed by atoms with Crippen LogP contribution in [0.15, 0.2) is 15.8 Å². The minimum absolute atomic E-state index is 0.0535. The zero-order valence-electron chi connectivity index (χ0n) is 11.4. The quantitative estimate of drug-likeness (QED) is 0.729. The number of nitrogens with zero attached hydrogens (tertiary/aromatic N) is 2. The molecule has 0 N–H and O–H groups in total. The molecule has 0 radical (unpaired) electrons. The number of rotatable bonds is 7. The Morgan fingerprint density at radius 2 is 2.11 bits per heavy atom. The van der Waals surface area contributed by atoms with Gasteiger partial charge in [-0.3, -0.25) is 9.36 Å². The number of aryl methyl sites for hydroxylation is 1. The lowest BCUT2D eigenvalue weighted by Gasteiger charge is -2.13. The van der Waals surface area contributed by atoms with Crippen molar-refractivity contribution in [2.75, 3.05) is 13.7 Å². The molecule has 7 heteroatoms. The Hall–Kier alpha value is -1.47. The minimum Gasteiger partial charge on any atom is -0.382 e. The molecule has 0 bridgehead atoms. The average Bonchev–Trinajstić information content (AvgIpc) is 2.41. The van der Waals surface area contributed by atoms with Crippen LogP contribution in [0.25, 0.3) is 0 Å².